The first-order chi connectivity index (χ1) is 13.8. The van der Waals surface area contributed by atoms with Gasteiger partial charge in [-0.2, -0.15) is 0 Å². The predicted molar refractivity (Wildman–Crippen MR) is 133 cm³/mol. The van der Waals surface area contributed by atoms with E-state index in [0.29, 0.717) is 22.4 Å². The number of piperazine rings is 2. The van der Waals surface area contributed by atoms with Gasteiger partial charge >= 0.3 is 0 Å². The van der Waals surface area contributed by atoms with Gasteiger partial charge in [-0.15, -0.1) is 0 Å². The van der Waals surface area contributed by atoms with Gasteiger partial charge in [0.1, 0.15) is 0 Å². The zero-order valence-corrected chi connectivity index (χ0v) is 21.9. The van der Waals surface area contributed by atoms with Crippen molar-refractivity contribution in [2.24, 2.45) is 16.7 Å². The fourth-order valence-corrected chi connectivity index (χ4v) is 4.29. The molecule has 3 saturated heterocycles. The Bertz CT molecular complexity index is 359. The van der Waals surface area contributed by atoms with Crippen molar-refractivity contribution in [2.75, 3.05) is 58.9 Å². The number of piperidine rings is 1. The second kappa shape index (κ2) is 12.7. The molecule has 3 rings (SSSR count). The molecular formula is C25H55N5. The normalized spacial score (nSPS) is 24.9. The summed E-state index contributed by atoms with van der Waals surface area (Å²) in [5.74, 6) is 0.939. The summed E-state index contributed by atoms with van der Waals surface area (Å²) in [6, 6.07) is 0.640. The van der Waals surface area contributed by atoms with Crippen LogP contribution in [-0.2, 0) is 0 Å². The molecule has 3 aliphatic heterocycles. The minimum atomic E-state index is 0.363. The molecule has 3 heterocycles. The maximum absolute atomic E-state index is 3.50. The topological polar surface area (TPSA) is 51.4 Å². The Morgan fingerprint density at radius 1 is 0.600 bits per heavy atom. The van der Waals surface area contributed by atoms with Crippen LogP contribution in [0.5, 0.6) is 0 Å². The Morgan fingerprint density at radius 2 is 1.13 bits per heavy atom. The van der Waals surface area contributed by atoms with Crippen molar-refractivity contribution in [3.8, 4) is 0 Å². The van der Waals surface area contributed by atoms with Crippen LogP contribution in [-0.4, -0.2) is 75.4 Å². The van der Waals surface area contributed by atoms with E-state index in [0.717, 1.165) is 38.6 Å². The molecule has 30 heavy (non-hydrogen) atoms. The lowest BCUT2D eigenvalue weighted by Gasteiger charge is -2.38. The van der Waals surface area contributed by atoms with Crippen LogP contribution in [0.15, 0.2) is 0 Å². The Morgan fingerprint density at radius 3 is 1.43 bits per heavy atom. The van der Waals surface area contributed by atoms with Gasteiger partial charge in [0.15, 0.2) is 0 Å². The molecule has 180 valence electrons. The molecule has 0 bridgehead atoms. The lowest BCUT2D eigenvalue weighted by Crippen LogP contribution is -2.54. The van der Waals surface area contributed by atoms with Crippen molar-refractivity contribution < 1.29 is 0 Å². The Labute approximate surface area is 188 Å². The van der Waals surface area contributed by atoms with Crippen molar-refractivity contribution in [3.63, 3.8) is 0 Å². The van der Waals surface area contributed by atoms with Gasteiger partial charge in [-0.1, -0.05) is 41.5 Å². The van der Waals surface area contributed by atoms with Gasteiger partial charge in [0.05, 0.1) is 0 Å². The van der Waals surface area contributed by atoms with Crippen LogP contribution in [0, 0.1) is 16.7 Å². The van der Waals surface area contributed by atoms with Crippen LogP contribution in [0.2, 0.25) is 0 Å². The Balaban J connectivity index is 0.000000225. The van der Waals surface area contributed by atoms with Gasteiger partial charge in [0, 0.05) is 57.4 Å². The fraction of sp³-hybridized carbons (Fsp3) is 1.00. The van der Waals surface area contributed by atoms with Crippen LogP contribution < -0.4 is 21.3 Å². The van der Waals surface area contributed by atoms with E-state index in [2.05, 4.69) is 88.5 Å². The van der Waals surface area contributed by atoms with Crippen LogP contribution in [0.3, 0.4) is 0 Å². The molecular weight excluding hydrogens is 370 g/mol. The van der Waals surface area contributed by atoms with Gasteiger partial charge in [0.2, 0.25) is 0 Å². The molecule has 5 heteroatoms. The van der Waals surface area contributed by atoms with E-state index < -0.39 is 0 Å². The second-order valence-corrected chi connectivity index (χ2v) is 12.4. The summed E-state index contributed by atoms with van der Waals surface area (Å²) in [4.78, 5) is 2.52. The third-order valence-corrected chi connectivity index (χ3v) is 6.72. The first kappa shape index (κ1) is 27.8. The van der Waals surface area contributed by atoms with Crippen molar-refractivity contribution in [1.29, 1.82) is 0 Å². The minimum Gasteiger partial charge on any atom is -0.317 e. The maximum atomic E-state index is 3.50. The standard InChI is InChI=1S/C9H19N.2C8H18N2/c1-9(2,3)8-4-6-10-7-5-8;1-8(2,3)10-6-4-9-5-7-10;1-8(2,3)7-6-9-4-5-10-7/h8,10H,4-7H2,1-3H3;9H,4-7H2,1-3H3;7,9-10H,4-6H2,1-3H3. The van der Waals surface area contributed by atoms with E-state index in [1.807, 2.05) is 0 Å². The van der Waals surface area contributed by atoms with Gasteiger partial charge in [-0.3, -0.25) is 4.90 Å². The van der Waals surface area contributed by atoms with Crippen LogP contribution in [0.4, 0.5) is 0 Å². The van der Waals surface area contributed by atoms with Crippen molar-refractivity contribution in [2.45, 2.75) is 86.7 Å². The highest BCUT2D eigenvalue weighted by Gasteiger charge is 2.26. The van der Waals surface area contributed by atoms with E-state index in [1.165, 1.54) is 39.0 Å². The molecule has 0 aromatic heterocycles. The number of nitrogens with zero attached hydrogens (tertiary/aromatic N) is 1. The minimum absolute atomic E-state index is 0.363. The summed E-state index contributed by atoms with van der Waals surface area (Å²) in [5.41, 5.74) is 1.29. The average Bonchev–Trinajstić information content (AvgIpc) is 2.69. The summed E-state index contributed by atoms with van der Waals surface area (Å²) in [5, 5.41) is 13.6. The molecule has 3 aliphatic rings. The largest absolute Gasteiger partial charge is 0.317 e. The first-order valence-corrected chi connectivity index (χ1v) is 12.4. The van der Waals surface area contributed by atoms with Crippen LogP contribution in [0.1, 0.15) is 75.2 Å². The predicted octanol–water partition coefficient (Wildman–Crippen LogP) is 3.32. The van der Waals surface area contributed by atoms with Crippen molar-refractivity contribution >= 4 is 0 Å². The molecule has 0 spiro atoms. The fourth-order valence-electron chi connectivity index (χ4n) is 4.29. The molecule has 4 N–H and O–H groups in total. The zero-order chi connectivity index (χ0) is 22.8. The Kier molecular flexibility index (Phi) is 11.8. The number of hydrogen-bond acceptors (Lipinski definition) is 5. The van der Waals surface area contributed by atoms with E-state index in [1.54, 1.807) is 0 Å². The highest BCUT2D eigenvalue weighted by Crippen LogP contribution is 2.32. The van der Waals surface area contributed by atoms with Gasteiger partial charge < -0.3 is 21.3 Å². The van der Waals surface area contributed by atoms with Gasteiger partial charge in [-0.25, -0.2) is 0 Å². The smallest absolute Gasteiger partial charge is 0.0241 e. The molecule has 5 nitrogen and oxygen atoms in total. The molecule has 1 atom stereocenters. The quantitative estimate of drug-likeness (QED) is 0.480. The van der Waals surface area contributed by atoms with Gasteiger partial charge in [-0.05, 0) is 63.5 Å². The molecule has 1 unspecified atom stereocenters. The van der Waals surface area contributed by atoms with Crippen LogP contribution >= 0.6 is 0 Å². The zero-order valence-electron chi connectivity index (χ0n) is 21.9. The maximum Gasteiger partial charge on any atom is 0.0241 e. The highest BCUT2D eigenvalue weighted by molar-refractivity contribution is 4.85. The van der Waals surface area contributed by atoms with E-state index in [9.17, 15) is 0 Å². The molecule has 0 aromatic rings. The van der Waals surface area contributed by atoms with E-state index >= 15 is 0 Å². The summed E-state index contributed by atoms with van der Waals surface area (Å²) in [7, 11) is 0. The second-order valence-electron chi connectivity index (χ2n) is 12.4. The third kappa shape index (κ3) is 11.4. The first-order valence-electron chi connectivity index (χ1n) is 12.4. The molecule has 0 saturated carbocycles. The Hall–Kier alpha value is -0.200. The number of nitrogens with one attached hydrogen (secondary N) is 4. The summed E-state index contributed by atoms with van der Waals surface area (Å²) in [6.45, 7) is 31.2. The summed E-state index contributed by atoms with van der Waals surface area (Å²) < 4.78 is 0. The average molecular weight is 426 g/mol. The lowest BCUT2D eigenvalue weighted by atomic mass is 9.76. The number of rotatable bonds is 0. The van der Waals surface area contributed by atoms with E-state index in [4.69, 9.17) is 0 Å². The summed E-state index contributed by atoms with van der Waals surface area (Å²) >= 11 is 0. The van der Waals surface area contributed by atoms with Crippen molar-refractivity contribution in [1.82, 2.24) is 26.2 Å². The van der Waals surface area contributed by atoms with Gasteiger partial charge in [0.25, 0.3) is 0 Å². The monoisotopic (exact) mass is 425 g/mol. The highest BCUT2D eigenvalue weighted by atomic mass is 15.2. The molecule has 0 aromatic carbocycles. The SMILES string of the molecule is CC(C)(C)C1CCNCC1.CC(C)(C)C1CNCCN1.CC(C)(C)N1CCNCC1. The van der Waals surface area contributed by atoms with E-state index in [-0.39, 0.29) is 0 Å². The number of hydrogen-bond donors (Lipinski definition) is 4. The van der Waals surface area contributed by atoms with Crippen LogP contribution in [0.25, 0.3) is 0 Å². The third-order valence-electron chi connectivity index (χ3n) is 6.72. The van der Waals surface area contributed by atoms with Crippen molar-refractivity contribution in [3.05, 3.63) is 0 Å². The summed E-state index contributed by atoms with van der Waals surface area (Å²) in [6.07, 6.45) is 2.73. The molecule has 0 aliphatic carbocycles. The lowest BCUT2D eigenvalue weighted by molar-refractivity contribution is 0.119. The molecule has 0 radical (unpaired) electrons. The molecule has 0 amide bonds. The molecule has 3 fully saturated rings.